The Morgan fingerprint density at radius 2 is 2.00 bits per heavy atom. The molecule has 0 aromatic heterocycles. The first-order valence-corrected chi connectivity index (χ1v) is 6.73. The molecule has 0 saturated carbocycles. The van der Waals surface area contributed by atoms with Crippen LogP contribution in [0.15, 0.2) is 24.3 Å². The van der Waals surface area contributed by atoms with Crippen LogP contribution in [0.2, 0.25) is 0 Å². The maximum absolute atomic E-state index is 11.6. The van der Waals surface area contributed by atoms with E-state index in [1.54, 1.807) is 7.11 Å². The predicted molar refractivity (Wildman–Crippen MR) is 75.4 cm³/mol. The van der Waals surface area contributed by atoms with E-state index in [1.165, 1.54) is 0 Å². The zero-order valence-electron chi connectivity index (χ0n) is 11.8. The summed E-state index contributed by atoms with van der Waals surface area (Å²) < 4.78 is 10.3. The van der Waals surface area contributed by atoms with Crippen LogP contribution in [-0.2, 0) is 16.0 Å². The molecule has 0 fully saturated rings. The van der Waals surface area contributed by atoms with Gasteiger partial charge in [0.2, 0.25) is 5.91 Å². The summed E-state index contributed by atoms with van der Waals surface area (Å²) in [6.07, 6.45) is 2.13. The molecule has 0 spiro atoms. The number of rotatable bonds is 9. The van der Waals surface area contributed by atoms with E-state index < -0.39 is 0 Å². The van der Waals surface area contributed by atoms with Crippen molar-refractivity contribution in [1.29, 1.82) is 0 Å². The first-order chi connectivity index (χ1) is 9.26. The van der Waals surface area contributed by atoms with Gasteiger partial charge in [-0.25, -0.2) is 0 Å². The number of hydrogen-bond acceptors (Lipinski definition) is 3. The van der Waals surface area contributed by atoms with E-state index in [2.05, 4.69) is 5.32 Å². The average molecular weight is 265 g/mol. The van der Waals surface area contributed by atoms with E-state index in [0.29, 0.717) is 19.6 Å². The fourth-order valence-electron chi connectivity index (χ4n) is 1.68. The second-order valence-electron chi connectivity index (χ2n) is 4.25. The Balaban J connectivity index is 2.15. The lowest BCUT2D eigenvalue weighted by molar-refractivity contribution is -0.121. The minimum atomic E-state index is 0.0901. The molecule has 1 aromatic rings. The monoisotopic (exact) mass is 265 g/mol. The summed E-state index contributed by atoms with van der Waals surface area (Å²) >= 11 is 0. The molecule has 0 bridgehead atoms. The molecule has 1 rings (SSSR count). The summed E-state index contributed by atoms with van der Waals surface area (Å²) in [6, 6.07) is 7.80. The molecule has 1 amide bonds. The van der Waals surface area contributed by atoms with Gasteiger partial charge in [-0.05, 0) is 37.5 Å². The molecular weight excluding hydrogens is 242 g/mol. The third kappa shape index (κ3) is 6.82. The number of carbonyl (C=O) groups is 1. The first-order valence-electron chi connectivity index (χ1n) is 6.73. The number of ether oxygens (including phenoxy) is 2. The molecule has 4 heteroatoms. The van der Waals surface area contributed by atoms with Crippen LogP contribution in [-0.4, -0.2) is 32.8 Å². The van der Waals surface area contributed by atoms with Crippen LogP contribution in [0.5, 0.6) is 5.75 Å². The van der Waals surface area contributed by atoms with E-state index >= 15 is 0 Å². The van der Waals surface area contributed by atoms with Gasteiger partial charge in [-0.15, -0.1) is 0 Å². The third-order valence-corrected chi connectivity index (χ3v) is 2.79. The lowest BCUT2D eigenvalue weighted by Gasteiger charge is -2.06. The molecule has 0 aliphatic rings. The van der Waals surface area contributed by atoms with Crippen molar-refractivity contribution in [2.24, 2.45) is 0 Å². The van der Waals surface area contributed by atoms with Crippen LogP contribution >= 0.6 is 0 Å². The molecule has 0 unspecified atom stereocenters. The molecular formula is C15H23NO3. The van der Waals surface area contributed by atoms with Crippen molar-refractivity contribution < 1.29 is 14.3 Å². The van der Waals surface area contributed by atoms with Gasteiger partial charge < -0.3 is 14.8 Å². The third-order valence-electron chi connectivity index (χ3n) is 2.79. The molecule has 0 atom stereocenters. The minimum absolute atomic E-state index is 0.0901. The highest BCUT2D eigenvalue weighted by atomic mass is 16.5. The predicted octanol–water partition coefficient (Wildman–Crippen LogP) is 2.17. The van der Waals surface area contributed by atoms with Crippen molar-refractivity contribution in [1.82, 2.24) is 5.32 Å². The standard InChI is InChI=1S/C15H23NO3/c1-3-19-12-4-11-16-15(17)10-7-13-5-8-14(18-2)9-6-13/h5-6,8-9H,3-4,7,10-12H2,1-2H3,(H,16,17). The molecule has 0 saturated heterocycles. The number of methoxy groups -OCH3 is 1. The molecule has 106 valence electrons. The smallest absolute Gasteiger partial charge is 0.220 e. The molecule has 0 radical (unpaired) electrons. The Hall–Kier alpha value is -1.55. The van der Waals surface area contributed by atoms with Gasteiger partial charge in [0.1, 0.15) is 5.75 Å². The minimum Gasteiger partial charge on any atom is -0.497 e. The van der Waals surface area contributed by atoms with Crippen LogP contribution < -0.4 is 10.1 Å². The van der Waals surface area contributed by atoms with Crippen LogP contribution in [0.1, 0.15) is 25.3 Å². The summed E-state index contributed by atoms with van der Waals surface area (Å²) in [5.41, 5.74) is 1.14. The van der Waals surface area contributed by atoms with E-state index in [4.69, 9.17) is 9.47 Å². The lowest BCUT2D eigenvalue weighted by Crippen LogP contribution is -2.25. The van der Waals surface area contributed by atoms with Crippen molar-refractivity contribution in [3.8, 4) is 5.75 Å². The highest BCUT2D eigenvalue weighted by molar-refractivity contribution is 5.76. The summed E-state index contributed by atoms with van der Waals surface area (Å²) in [5, 5.41) is 2.89. The normalized spacial score (nSPS) is 10.2. The maximum atomic E-state index is 11.6. The number of aryl methyl sites for hydroxylation is 1. The molecule has 1 aromatic carbocycles. The zero-order chi connectivity index (χ0) is 13.9. The van der Waals surface area contributed by atoms with Crippen molar-refractivity contribution in [2.75, 3.05) is 26.9 Å². The number of nitrogens with one attached hydrogen (secondary N) is 1. The number of hydrogen-bond donors (Lipinski definition) is 1. The lowest BCUT2D eigenvalue weighted by atomic mass is 10.1. The van der Waals surface area contributed by atoms with E-state index in [1.807, 2.05) is 31.2 Å². The molecule has 0 aliphatic heterocycles. The van der Waals surface area contributed by atoms with Gasteiger partial charge in [0, 0.05) is 26.2 Å². The fraction of sp³-hybridized carbons (Fsp3) is 0.533. The second kappa shape index (κ2) is 9.39. The molecule has 1 N–H and O–H groups in total. The van der Waals surface area contributed by atoms with E-state index in [0.717, 1.165) is 30.8 Å². The summed E-state index contributed by atoms with van der Waals surface area (Å²) in [6.45, 7) is 4.08. The van der Waals surface area contributed by atoms with Gasteiger partial charge in [0.25, 0.3) is 0 Å². The number of amides is 1. The average Bonchev–Trinajstić information content (AvgIpc) is 2.45. The Kier molecular flexibility index (Phi) is 7.66. The molecule has 0 heterocycles. The maximum Gasteiger partial charge on any atom is 0.220 e. The summed E-state index contributed by atoms with van der Waals surface area (Å²) in [7, 11) is 1.64. The fourth-order valence-corrected chi connectivity index (χ4v) is 1.68. The van der Waals surface area contributed by atoms with Gasteiger partial charge in [0.15, 0.2) is 0 Å². The van der Waals surface area contributed by atoms with Crippen molar-refractivity contribution in [2.45, 2.75) is 26.2 Å². The second-order valence-corrected chi connectivity index (χ2v) is 4.25. The first kappa shape index (κ1) is 15.5. The van der Waals surface area contributed by atoms with Crippen molar-refractivity contribution >= 4 is 5.91 Å². The van der Waals surface area contributed by atoms with Crippen molar-refractivity contribution in [3.05, 3.63) is 29.8 Å². The Morgan fingerprint density at radius 3 is 2.63 bits per heavy atom. The Morgan fingerprint density at radius 1 is 1.26 bits per heavy atom. The molecule has 4 nitrogen and oxygen atoms in total. The topological polar surface area (TPSA) is 47.6 Å². The summed E-state index contributed by atoms with van der Waals surface area (Å²) in [5.74, 6) is 0.927. The quantitative estimate of drug-likeness (QED) is 0.696. The zero-order valence-corrected chi connectivity index (χ0v) is 11.8. The van der Waals surface area contributed by atoms with Gasteiger partial charge in [-0.1, -0.05) is 12.1 Å². The highest BCUT2D eigenvalue weighted by Crippen LogP contribution is 2.12. The Bertz CT molecular complexity index is 362. The van der Waals surface area contributed by atoms with Crippen LogP contribution in [0.3, 0.4) is 0 Å². The van der Waals surface area contributed by atoms with Crippen LogP contribution in [0, 0.1) is 0 Å². The van der Waals surface area contributed by atoms with E-state index in [9.17, 15) is 4.79 Å². The summed E-state index contributed by atoms with van der Waals surface area (Å²) in [4.78, 5) is 11.6. The van der Waals surface area contributed by atoms with Crippen LogP contribution in [0.25, 0.3) is 0 Å². The van der Waals surface area contributed by atoms with Gasteiger partial charge in [-0.3, -0.25) is 4.79 Å². The number of benzene rings is 1. The Labute approximate surface area is 115 Å². The molecule has 0 aliphatic carbocycles. The highest BCUT2D eigenvalue weighted by Gasteiger charge is 2.02. The largest absolute Gasteiger partial charge is 0.497 e. The SMILES string of the molecule is CCOCCCNC(=O)CCc1ccc(OC)cc1. The van der Waals surface area contributed by atoms with E-state index in [-0.39, 0.29) is 5.91 Å². The van der Waals surface area contributed by atoms with Gasteiger partial charge in [0.05, 0.1) is 7.11 Å². The molecule has 19 heavy (non-hydrogen) atoms. The van der Waals surface area contributed by atoms with Crippen LogP contribution in [0.4, 0.5) is 0 Å². The van der Waals surface area contributed by atoms with Gasteiger partial charge in [-0.2, -0.15) is 0 Å². The van der Waals surface area contributed by atoms with Gasteiger partial charge >= 0.3 is 0 Å². The number of carbonyl (C=O) groups excluding carboxylic acids is 1. The van der Waals surface area contributed by atoms with Crippen molar-refractivity contribution in [3.63, 3.8) is 0 Å².